The highest BCUT2D eigenvalue weighted by Gasteiger charge is 2.21. The molecule has 0 amide bonds. The van der Waals surface area contributed by atoms with Gasteiger partial charge in [-0.1, -0.05) is 17.7 Å². The summed E-state index contributed by atoms with van der Waals surface area (Å²) in [7, 11) is 2.67. The van der Waals surface area contributed by atoms with Gasteiger partial charge < -0.3 is 14.6 Å². The van der Waals surface area contributed by atoms with Crippen LogP contribution in [0.2, 0.25) is 5.02 Å². The van der Waals surface area contributed by atoms with E-state index in [-0.39, 0.29) is 10.8 Å². The van der Waals surface area contributed by atoms with E-state index in [1.165, 1.54) is 26.4 Å². The van der Waals surface area contributed by atoms with E-state index in [2.05, 4.69) is 4.74 Å². The van der Waals surface area contributed by atoms with Gasteiger partial charge in [-0.3, -0.25) is 0 Å². The van der Waals surface area contributed by atoms with E-state index >= 15 is 0 Å². The zero-order chi connectivity index (χ0) is 11.4. The topological polar surface area (TPSA) is 55.8 Å². The Labute approximate surface area is 92.4 Å². The average Bonchev–Trinajstić information content (AvgIpc) is 2.24. The molecule has 1 aromatic rings. The van der Waals surface area contributed by atoms with Crippen LogP contribution in [-0.4, -0.2) is 25.3 Å². The van der Waals surface area contributed by atoms with Crippen molar-refractivity contribution in [1.82, 2.24) is 0 Å². The molecule has 0 aliphatic carbocycles. The van der Waals surface area contributed by atoms with Gasteiger partial charge in [-0.15, -0.1) is 0 Å². The summed E-state index contributed by atoms with van der Waals surface area (Å²) in [6.07, 6.45) is -0.826. The molecule has 0 radical (unpaired) electrons. The first-order chi connectivity index (χ1) is 7.10. The largest absolute Gasteiger partial charge is 0.506 e. The number of esters is 1. The van der Waals surface area contributed by atoms with Gasteiger partial charge in [0, 0.05) is 7.11 Å². The zero-order valence-corrected chi connectivity index (χ0v) is 9.12. The van der Waals surface area contributed by atoms with Crippen molar-refractivity contribution >= 4 is 17.6 Å². The van der Waals surface area contributed by atoms with Crippen molar-refractivity contribution in [2.45, 2.75) is 6.10 Å². The Morgan fingerprint density at radius 3 is 2.60 bits per heavy atom. The lowest BCUT2D eigenvalue weighted by atomic mass is 10.1. The van der Waals surface area contributed by atoms with E-state index in [1.807, 2.05) is 0 Å². The highest BCUT2D eigenvalue weighted by molar-refractivity contribution is 6.32. The first kappa shape index (κ1) is 11.8. The molecule has 4 nitrogen and oxygen atoms in total. The fraction of sp³-hybridized carbons (Fsp3) is 0.300. The molecule has 0 bridgehead atoms. The van der Waals surface area contributed by atoms with Crippen LogP contribution in [0.3, 0.4) is 0 Å². The average molecular weight is 231 g/mol. The standard InChI is InChI=1S/C10H11ClO4/c1-14-9(10(13)15-2)6-3-4-8(12)7(11)5-6/h3-5,9,12H,1-2H3. The fourth-order valence-corrected chi connectivity index (χ4v) is 1.35. The lowest BCUT2D eigenvalue weighted by Crippen LogP contribution is -2.15. The quantitative estimate of drug-likeness (QED) is 0.806. The maximum atomic E-state index is 11.3. The Morgan fingerprint density at radius 2 is 2.13 bits per heavy atom. The summed E-state index contributed by atoms with van der Waals surface area (Å²) < 4.78 is 9.53. The fourth-order valence-electron chi connectivity index (χ4n) is 1.16. The van der Waals surface area contributed by atoms with Crippen LogP contribution in [0, 0.1) is 0 Å². The smallest absolute Gasteiger partial charge is 0.339 e. The first-order valence-corrected chi connectivity index (χ1v) is 4.57. The van der Waals surface area contributed by atoms with E-state index in [4.69, 9.17) is 16.3 Å². The van der Waals surface area contributed by atoms with Crippen molar-refractivity contribution in [1.29, 1.82) is 0 Å². The van der Waals surface area contributed by atoms with E-state index in [9.17, 15) is 9.90 Å². The molecule has 1 N–H and O–H groups in total. The molecule has 0 spiro atoms. The van der Waals surface area contributed by atoms with E-state index < -0.39 is 12.1 Å². The summed E-state index contributed by atoms with van der Waals surface area (Å²) in [4.78, 5) is 11.3. The van der Waals surface area contributed by atoms with Gasteiger partial charge in [0.1, 0.15) is 5.75 Å². The van der Waals surface area contributed by atoms with Gasteiger partial charge in [-0.2, -0.15) is 0 Å². The number of halogens is 1. The molecule has 1 rings (SSSR count). The second-order valence-corrected chi connectivity index (χ2v) is 3.26. The van der Waals surface area contributed by atoms with Crippen molar-refractivity contribution in [3.05, 3.63) is 28.8 Å². The Hall–Kier alpha value is -1.26. The number of ether oxygens (including phenoxy) is 2. The van der Waals surface area contributed by atoms with Crippen molar-refractivity contribution < 1.29 is 19.4 Å². The summed E-state index contributed by atoms with van der Waals surface area (Å²) in [5.41, 5.74) is 0.534. The monoisotopic (exact) mass is 230 g/mol. The molecule has 0 aromatic heterocycles. The minimum Gasteiger partial charge on any atom is -0.506 e. The van der Waals surface area contributed by atoms with Crippen molar-refractivity contribution in [2.24, 2.45) is 0 Å². The van der Waals surface area contributed by atoms with Crippen LogP contribution in [0.1, 0.15) is 11.7 Å². The number of methoxy groups -OCH3 is 2. The van der Waals surface area contributed by atoms with E-state index in [0.717, 1.165) is 0 Å². The van der Waals surface area contributed by atoms with Gasteiger partial charge in [0.05, 0.1) is 12.1 Å². The van der Waals surface area contributed by atoms with Gasteiger partial charge in [0.15, 0.2) is 6.10 Å². The van der Waals surface area contributed by atoms with Crippen LogP contribution in [0.5, 0.6) is 5.75 Å². The molecule has 0 fully saturated rings. The van der Waals surface area contributed by atoms with E-state index in [1.54, 1.807) is 6.07 Å². The lowest BCUT2D eigenvalue weighted by Gasteiger charge is -2.13. The van der Waals surface area contributed by atoms with Crippen LogP contribution in [0.15, 0.2) is 18.2 Å². The summed E-state index contributed by atoms with van der Waals surface area (Å²) in [6, 6.07) is 4.40. The third-order valence-electron chi connectivity index (χ3n) is 1.93. The van der Waals surface area contributed by atoms with Crippen LogP contribution < -0.4 is 0 Å². The van der Waals surface area contributed by atoms with Gasteiger partial charge in [0.25, 0.3) is 0 Å². The molecule has 0 heterocycles. The van der Waals surface area contributed by atoms with Crippen LogP contribution in [0.4, 0.5) is 0 Å². The van der Waals surface area contributed by atoms with Crippen LogP contribution >= 0.6 is 11.6 Å². The predicted octanol–water partition coefficient (Wildman–Crippen LogP) is 1.91. The lowest BCUT2D eigenvalue weighted by molar-refractivity contribution is -0.152. The van der Waals surface area contributed by atoms with Crippen molar-refractivity contribution in [3.63, 3.8) is 0 Å². The summed E-state index contributed by atoms with van der Waals surface area (Å²) in [6.45, 7) is 0. The summed E-state index contributed by atoms with van der Waals surface area (Å²) in [5, 5.41) is 9.37. The molecule has 1 unspecified atom stereocenters. The summed E-state index contributed by atoms with van der Waals surface area (Å²) in [5.74, 6) is -0.556. The molecular formula is C10H11ClO4. The van der Waals surface area contributed by atoms with Crippen molar-refractivity contribution in [2.75, 3.05) is 14.2 Å². The second-order valence-electron chi connectivity index (χ2n) is 2.85. The molecule has 0 aliphatic heterocycles. The van der Waals surface area contributed by atoms with E-state index in [0.29, 0.717) is 5.56 Å². The third kappa shape index (κ3) is 2.61. The van der Waals surface area contributed by atoms with Gasteiger partial charge in [0.2, 0.25) is 0 Å². The number of carbonyl (C=O) groups is 1. The molecule has 0 saturated carbocycles. The maximum absolute atomic E-state index is 11.3. The summed E-state index contributed by atoms with van der Waals surface area (Å²) >= 11 is 5.71. The Bertz CT molecular complexity index is 364. The molecule has 82 valence electrons. The highest BCUT2D eigenvalue weighted by atomic mass is 35.5. The number of aromatic hydroxyl groups is 1. The molecule has 0 aliphatic rings. The normalized spacial score (nSPS) is 12.2. The molecule has 0 saturated heterocycles. The third-order valence-corrected chi connectivity index (χ3v) is 2.23. The maximum Gasteiger partial charge on any atom is 0.339 e. The Morgan fingerprint density at radius 1 is 1.47 bits per heavy atom. The molecule has 5 heteroatoms. The highest BCUT2D eigenvalue weighted by Crippen LogP contribution is 2.28. The number of hydrogen-bond acceptors (Lipinski definition) is 4. The van der Waals surface area contributed by atoms with Crippen LogP contribution in [-0.2, 0) is 14.3 Å². The SMILES string of the molecule is COC(=O)C(OC)c1ccc(O)c(Cl)c1. The molecule has 1 atom stereocenters. The van der Waals surface area contributed by atoms with Crippen LogP contribution in [0.25, 0.3) is 0 Å². The zero-order valence-electron chi connectivity index (χ0n) is 8.36. The van der Waals surface area contributed by atoms with Gasteiger partial charge >= 0.3 is 5.97 Å². The number of rotatable bonds is 3. The number of benzene rings is 1. The number of carbonyl (C=O) groups excluding carboxylic acids is 1. The second kappa shape index (κ2) is 5.00. The molecule has 15 heavy (non-hydrogen) atoms. The first-order valence-electron chi connectivity index (χ1n) is 4.19. The van der Waals surface area contributed by atoms with Gasteiger partial charge in [-0.25, -0.2) is 4.79 Å². The number of hydrogen-bond donors (Lipinski definition) is 1. The number of phenols is 1. The number of phenolic OH excluding ortho intramolecular Hbond substituents is 1. The van der Waals surface area contributed by atoms with Gasteiger partial charge in [-0.05, 0) is 17.7 Å². The Kier molecular flexibility index (Phi) is 3.94. The van der Waals surface area contributed by atoms with Crippen molar-refractivity contribution in [3.8, 4) is 5.75 Å². The minimum absolute atomic E-state index is 0.0415. The Balaban J connectivity index is 3.02. The minimum atomic E-state index is -0.826. The molecule has 1 aromatic carbocycles. The molecular weight excluding hydrogens is 220 g/mol. The predicted molar refractivity (Wildman–Crippen MR) is 54.9 cm³/mol.